The normalized spacial score (nSPS) is 11.2. The number of carboxylic acids is 1. The third-order valence-corrected chi connectivity index (χ3v) is 2.36. The fraction of sp³-hybridized carbons (Fsp3) is 0.462. The SMILES string of the molecule is CCOc1cccc(C(=O)O)c1OCCCC(F)(F)F. The van der Waals surface area contributed by atoms with E-state index in [2.05, 4.69) is 0 Å². The topological polar surface area (TPSA) is 55.8 Å². The van der Waals surface area contributed by atoms with E-state index in [0.717, 1.165) is 0 Å². The van der Waals surface area contributed by atoms with Crippen molar-refractivity contribution in [1.82, 2.24) is 0 Å². The van der Waals surface area contributed by atoms with Crippen LogP contribution in [0.25, 0.3) is 0 Å². The molecule has 0 aromatic heterocycles. The molecule has 0 atom stereocenters. The minimum absolute atomic E-state index is 0.0379. The van der Waals surface area contributed by atoms with Gasteiger partial charge < -0.3 is 14.6 Å². The van der Waals surface area contributed by atoms with E-state index < -0.39 is 18.6 Å². The van der Waals surface area contributed by atoms with Gasteiger partial charge in [0, 0.05) is 6.42 Å². The molecule has 0 heterocycles. The predicted octanol–water partition coefficient (Wildman–Crippen LogP) is 3.50. The van der Waals surface area contributed by atoms with E-state index in [1.807, 2.05) is 0 Å². The second-order valence-corrected chi connectivity index (χ2v) is 3.94. The van der Waals surface area contributed by atoms with Gasteiger partial charge in [0.1, 0.15) is 5.56 Å². The highest BCUT2D eigenvalue weighted by Gasteiger charge is 2.26. The summed E-state index contributed by atoms with van der Waals surface area (Å²) in [5, 5.41) is 9.03. The van der Waals surface area contributed by atoms with Gasteiger partial charge in [0.2, 0.25) is 0 Å². The summed E-state index contributed by atoms with van der Waals surface area (Å²) in [6.45, 7) is 1.77. The Bertz CT molecular complexity index is 457. The average molecular weight is 292 g/mol. The number of halogens is 3. The molecule has 4 nitrogen and oxygen atoms in total. The molecule has 1 aromatic rings. The second-order valence-electron chi connectivity index (χ2n) is 3.94. The number of hydrogen-bond donors (Lipinski definition) is 1. The van der Waals surface area contributed by atoms with E-state index in [1.165, 1.54) is 18.2 Å². The van der Waals surface area contributed by atoms with Gasteiger partial charge >= 0.3 is 12.1 Å². The number of para-hydroxylation sites is 1. The van der Waals surface area contributed by atoms with Crippen LogP contribution in [0.1, 0.15) is 30.1 Å². The molecule has 0 aliphatic rings. The van der Waals surface area contributed by atoms with Crippen LogP contribution < -0.4 is 9.47 Å². The molecule has 0 bridgehead atoms. The zero-order chi connectivity index (χ0) is 15.2. The molecule has 112 valence electrons. The molecule has 1 N–H and O–H groups in total. The Morgan fingerprint density at radius 2 is 2.00 bits per heavy atom. The number of ether oxygens (including phenoxy) is 2. The minimum Gasteiger partial charge on any atom is -0.490 e. The first kappa shape index (κ1) is 16.1. The number of aromatic carboxylic acids is 1. The minimum atomic E-state index is -4.25. The zero-order valence-corrected chi connectivity index (χ0v) is 10.9. The van der Waals surface area contributed by atoms with Crippen LogP contribution in [0.2, 0.25) is 0 Å². The standard InChI is InChI=1S/C13H15F3O4/c1-2-19-10-6-3-5-9(12(17)18)11(10)20-8-4-7-13(14,15)16/h3,5-6H,2,4,7-8H2,1H3,(H,17,18). The quantitative estimate of drug-likeness (QED) is 0.781. The summed E-state index contributed by atoms with van der Waals surface area (Å²) >= 11 is 0. The third kappa shape index (κ3) is 4.99. The van der Waals surface area contributed by atoms with Gasteiger partial charge in [-0.15, -0.1) is 0 Å². The van der Waals surface area contributed by atoms with Crippen molar-refractivity contribution in [1.29, 1.82) is 0 Å². The van der Waals surface area contributed by atoms with Crippen molar-refractivity contribution in [3.8, 4) is 11.5 Å². The van der Waals surface area contributed by atoms with E-state index in [0.29, 0.717) is 6.61 Å². The lowest BCUT2D eigenvalue weighted by Crippen LogP contribution is -2.11. The van der Waals surface area contributed by atoms with Crippen molar-refractivity contribution in [2.75, 3.05) is 13.2 Å². The Kier molecular flexibility index (Phi) is 5.66. The van der Waals surface area contributed by atoms with Gasteiger partial charge in [-0.25, -0.2) is 4.79 Å². The number of hydrogen-bond acceptors (Lipinski definition) is 3. The molecule has 0 aliphatic heterocycles. The largest absolute Gasteiger partial charge is 0.490 e. The monoisotopic (exact) mass is 292 g/mol. The maximum Gasteiger partial charge on any atom is 0.389 e. The highest BCUT2D eigenvalue weighted by atomic mass is 19.4. The molecule has 0 aliphatic carbocycles. The highest BCUT2D eigenvalue weighted by molar-refractivity contribution is 5.92. The maximum atomic E-state index is 12.0. The van der Waals surface area contributed by atoms with Crippen molar-refractivity contribution in [3.63, 3.8) is 0 Å². The zero-order valence-electron chi connectivity index (χ0n) is 10.9. The summed E-state index contributed by atoms with van der Waals surface area (Å²) in [5.41, 5.74) is -0.136. The summed E-state index contributed by atoms with van der Waals surface area (Å²) in [4.78, 5) is 11.1. The molecule has 0 amide bonds. The van der Waals surface area contributed by atoms with Gasteiger partial charge in [-0.3, -0.25) is 0 Å². The fourth-order valence-electron chi connectivity index (χ4n) is 1.55. The average Bonchev–Trinajstić information content (AvgIpc) is 2.34. The number of carbonyl (C=O) groups is 1. The molecule has 7 heteroatoms. The smallest absolute Gasteiger partial charge is 0.389 e. The molecule has 0 fully saturated rings. The van der Waals surface area contributed by atoms with Crippen LogP contribution in [0.5, 0.6) is 11.5 Å². The second kappa shape index (κ2) is 7.02. The molecule has 20 heavy (non-hydrogen) atoms. The number of rotatable bonds is 7. The van der Waals surface area contributed by atoms with E-state index in [-0.39, 0.29) is 30.1 Å². The summed E-state index contributed by atoms with van der Waals surface area (Å²) in [6, 6.07) is 4.30. The molecular formula is C13H15F3O4. The van der Waals surface area contributed by atoms with Crippen molar-refractivity contribution in [2.45, 2.75) is 25.9 Å². The Balaban J connectivity index is 2.77. The van der Waals surface area contributed by atoms with E-state index in [4.69, 9.17) is 14.6 Å². The Labute approximate surface area is 114 Å². The fourth-order valence-corrected chi connectivity index (χ4v) is 1.55. The summed E-state index contributed by atoms with van der Waals surface area (Å²) in [5.74, 6) is -1.05. The van der Waals surface area contributed by atoms with Gasteiger partial charge in [0.15, 0.2) is 11.5 Å². The molecular weight excluding hydrogens is 277 g/mol. The van der Waals surface area contributed by atoms with Gasteiger partial charge in [0.25, 0.3) is 0 Å². The van der Waals surface area contributed by atoms with Crippen LogP contribution in [0, 0.1) is 0 Å². The van der Waals surface area contributed by atoms with Crippen LogP contribution in [-0.4, -0.2) is 30.5 Å². The van der Waals surface area contributed by atoms with Crippen LogP contribution >= 0.6 is 0 Å². The molecule has 0 spiro atoms. The third-order valence-electron chi connectivity index (χ3n) is 2.36. The Hall–Kier alpha value is -1.92. The van der Waals surface area contributed by atoms with Crippen molar-refractivity contribution >= 4 is 5.97 Å². The van der Waals surface area contributed by atoms with Gasteiger partial charge in [-0.05, 0) is 25.5 Å². The maximum absolute atomic E-state index is 12.0. The van der Waals surface area contributed by atoms with E-state index in [9.17, 15) is 18.0 Å². The molecule has 1 aromatic carbocycles. The van der Waals surface area contributed by atoms with Gasteiger partial charge in [0.05, 0.1) is 13.2 Å². The molecule has 0 unspecified atom stereocenters. The number of carboxylic acid groups (broad SMARTS) is 1. The first-order chi connectivity index (χ1) is 9.35. The lowest BCUT2D eigenvalue weighted by Gasteiger charge is -2.14. The van der Waals surface area contributed by atoms with Crippen molar-refractivity contribution in [3.05, 3.63) is 23.8 Å². The molecule has 1 rings (SSSR count). The van der Waals surface area contributed by atoms with E-state index in [1.54, 1.807) is 6.92 Å². The summed E-state index contributed by atoms with van der Waals surface area (Å²) in [6.07, 6.45) is -5.48. The molecule has 0 radical (unpaired) electrons. The summed E-state index contributed by atoms with van der Waals surface area (Å²) < 4.78 is 46.4. The van der Waals surface area contributed by atoms with Gasteiger partial charge in [-0.1, -0.05) is 6.07 Å². The predicted molar refractivity (Wildman–Crippen MR) is 65.4 cm³/mol. The van der Waals surface area contributed by atoms with Crippen LogP contribution in [0.4, 0.5) is 13.2 Å². The van der Waals surface area contributed by atoms with Crippen LogP contribution in [-0.2, 0) is 0 Å². The lowest BCUT2D eigenvalue weighted by molar-refractivity contribution is -0.136. The Morgan fingerprint density at radius 3 is 2.55 bits per heavy atom. The highest BCUT2D eigenvalue weighted by Crippen LogP contribution is 2.32. The Morgan fingerprint density at radius 1 is 1.30 bits per heavy atom. The van der Waals surface area contributed by atoms with Gasteiger partial charge in [-0.2, -0.15) is 13.2 Å². The first-order valence-electron chi connectivity index (χ1n) is 6.03. The van der Waals surface area contributed by atoms with Crippen LogP contribution in [0.3, 0.4) is 0 Å². The number of alkyl halides is 3. The molecule has 0 saturated carbocycles. The molecule has 0 saturated heterocycles. The summed E-state index contributed by atoms with van der Waals surface area (Å²) in [7, 11) is 0. The van der Waals surface area contributed by atoms with Crippen LogP contribution in [0.15, 0.2) is 18.2 Å². The van der Waals surface area contributed by atoms with Crippen molar-refractivity contribution < 1.29 is 32.5 Å². The first-order valence-corrected chi connectivity index (χ1v) is 6.03. The van der Waals surface area contributed by atoms with Crippen molar-refractivity contribution in [2.24, 2.45) is 0 Å². The lowest BCUT2D eigenvalue weighted by atomic mass is 10.2. The van der Waals surface area contributed by atoms with E-state index >= 15 is 0 Å². The number of benzene rings is 1.